The minimum Gasteiger partial charge on any atom is -0.497 e. The molecule has 2 unspecified atom stereocenters. The Morgan fingerprint density at radius 3 is 2.94 bits per heavy atom. The van der Waals surface area contributed by atoms with E-state index in [0.717, 1.165) is 19.4 Å². The van der Waals surface area contributed by atoms with Gasteiger partial charge in [-0.15, -0.1) is 0 Å². The summed E-state index contributed by atoms with van der Waals surface area (Å²) in [6, 6.07) is 0. The van der Waals surface area contributed by atoms with Gasteiger partial charge in [-0.05, 0) is 32.3 Å². The van der Waals surface area contributed by atoms with E-state index in [9.17, 15) is 8.42 Å². The van der Waals surface area contributed by atoms with Crippen molar-refractivity contribution in [3.8, 4) is 0 Å². The third kappa shape index (κ3) is 2.98. The predicted octanol–water partition coefficient (Wildman–Crippen LogP) is 0.846. The molecule has 5 heteroatoms. The van der Waals surface area contributed by atoms with Gasteiger partial charge in [0.05, 0.1) is 17.8 Å². The standard InChI is InChI=1S/C11H19NO3S/c1-11(5-7-16(13,14)9-11)12-8-10-4-2-3-6-15-10/h3,6,10,12H,2,4-5,7-9H2,1H3. The van der Waals surface area contributed by atoms with E-state index in [1.165, 1.54) is 0 Å². The molecule has 2 rings (SSSR count). The molecule has 0 aromatic rings. The third-order valence-electron chi connectivity index (χ3n) is 3.28. The average Bonchev–Trinajstić information content (AvgIpc) is 2.53. The molecule has 0 amide bonds. The summed E-state index contributed by atoms with van der Waals surface area (Å²) < 4.78 is 28.3. The maximum absolute atomic E-state index is 11.4. The van der Waals surface area contributed by atoms with Gasteiger partial charge in [-0.3, -0.25) is 0 Å². The van der Waals surface area contributed by atoms with Crippen molar-refractivity contribution in [2.75, 3.05) is 18.1 Å². The molecule has 0 saturated carbocycles. The number of ether oxygens (including phenoxy) is 1. The van der Waals surface area contributed by atoms with Crippen molar-refractivity contribution in [2.45, 2.75) is 37.8 Å². The summed E-state index contributed by atoms with van der Waals surface area (Å²) in [6.07, 6.45) is 6.69. The van der Waals surface area contributed by atoms with Crippen LogP contribution in [0.25, 0.3) is 0 Å². The molecule has 2 heterocycles. The molecule has 1 N–H and O–H groups in total. The zero-order valence-corrected chi connectivity index (χ0v) is 10.4. The van der Waals surface area contributed by atoms with Gasteiger partial charge in [-0.2, -0.15) is 0 Å². The van der Waals surface area contributed by atoms with Crippen molar-refractivity contribution in [1.82, 2.24) is 5.32 Å². The van der Waals surface area contributed by atoms with Crippen LogP contribution in [-0.2, 0) is 14.6 Å². The van der Waals surface area contributed by atoms with E-state index in [1.54, 1.807) is 6.26 Å². The summed E-state index contributed by atoms with van der Waals surface area (Å²) >= 11 is 0. The molecular formula is C11H19NO3S. The Bertz CT molecular complexity index is 377. The van der Waals surface area contributed by atoms with Crippen LogP contribution in [0.4, 0.5) is 0 Å². The van der Waals surface area contributed by atoms with E-state index >= 15 is 0 Å². The molecule has 0 aromatic heterocycles. The van der Waals surface area contributed by atoms with Crippen molar-refractivity contribution in [3.63, 3.8) is 0 Å². The van der Waals surface area contributed by atoms with Crippen molar-refractivity contribution >= 4 is 9.84 Å². The monoisotopic (exact) mass is 245 g/mol. The van der Waals surface area contributed by atoms with Crippen molar-refractivity contribution in [3.05, 3.63) is 12.3 Å². The molecule has 1 fully saturated rings. The Morgan fingerprint density at radius 2 is 2.38 bits per heavy atom. The molecule has 0 radical (unpaired) electrons. The molecule has 2 aliphatic rings. The second kappa shape index (κ2) is 4.37. The number of hydrogen-bond donors (Lipinski definition) is 1. The van der Waals surface area contributed by atoms with Gasteiger partial charge in [0.2, 0.25) is 0 Å². The highest BCUT2D eigenvalue weighted by atomic mass is 32.2. The number of rotatable bonds is 3. The zero-order chi connectivity index (χ0) is 11.6. The summed E-state index contributed by atoms with van der Waals surface area (Å²) in [5.41, 5.74) is -0.261. The van der Waals surface area contributed by atoms with Crippen molar-refractivity contribution in [1.29, 1.82) is 0 Å². The number of hydrogen-bond acceptors (Lipinski definition) is 4. The van der Waals surface area contributed by atoms with Gasteiger partial charge >= 0.3 is 0 Å². The number of allylic oxidation sites excluding steroid dienone is 1. The van der Waals surface area contributed by atoms with Crippen LogP contribution in [0.3, 0.4) is 0 Å². The van der Waals surface area contributed by atoms with Crippen LogP contribution in [0.15, 0.2) is 12.3 Å². The first-order valence-electron chi connectivity index (χ1n) is 5.75. The smallest absolute Gasteiger partial charge is 0.152 e. The largest absolute Gasteiger partial charge is 0.497 e. The van der Waals surface area contributed by atoms with E-state index in [-0.39, 0.29) is 17.4 Å². The van der Waals surface area contributed by atoms with E-state index in [4.69, 9.17) is 4.74 Å². The maximum atomic E-state index is 11.4. The third-order valence-corrected chi connectivity index (χ3v) is 5.19. The van der Waals surface area contributed by atoms with Crippen LogP contribution in [-0.4, -0.2) is 38.1 Å². The fourth-order valence-electron chi connectivity index (χ4n) is 2.25. The molecule has 92 valence electrons. The summed E-state index contributed by atoms with van der Waals surface area (Å²) in [6.45, 7) is 2.71. The maximum Gasteiger partial charge on any atom is 0.152 e. The first-order valence-corrected chi connectivity index (χ1v) is 7.57. The Labute approximate surface area is 97.0 Å². The quantitative estimate of drug-likeness (QED) is 0.801. The summed E-state index contributed by atoms with van der Waals surface area (Å²) in [5, 5.41) is 3.35. The lowest BCUT2D eigenvalue weighted by atomic mass is 10.0. The Hall–Kier alpha value is -0.550. The predicted molar refractivity (Wildman–Crippen MR) is 62.9 cm³/mol. The first-order chi connectivity index (χ1) is 7.49. The van der Waals surface area contributed by atoms with Crippen molar-refractivity contribution in [2.24, 2.45) is 0 Å². The van der Waals surface area contributed by atoms with Gasteiger partial charge in [0.25, 0.3) is 0 Å². The van der Waals surface area contributed by atoms with Gasteiger partial charge in [-0.1, -0.05) is 0 Å². The fraction of sp³-hybridized carbons (Fsp3) is 0.818. The van der Waals surface area contributed by atoms with Crippen LogP contribution in [0.1, 0.15) is 26.2 Å². The molecule has 0 spiro atoms. The first kappa shape index (κ1) is 11.9. The second-order valence-corrected chi connectivity index (χ2v) is 7.17. The van der Waals surface area contributed by atoms with Gasteiger partial charge in [-0.25, -0.2) is 8.42 Å². The normalized spacial score (nSPS) is 37.2. The van der Waals surface area contributed by atoms with Gasteiger partial charge in [0.15, 0.2) is 9.84 Å². The SMILES string of the molecule is CC1(NCC2CCC=CO2)CCS(=O)(=O)C1. The molecule has 1 saturated heterocycles. The average molecular weight is 245 g/mol. The summed E-state index contributed by atoms with van der Waals surface area (Å²) in [7, 11) is -2.82. The van der Waals surface area contributed by atoms with E-state index in [0.29, 0.717) is 12.2 Å². The minimum absolute atomic E-state index is 0.185. The fourth-order valence-corrected chi connectivity index (χ4v) is 4.37. The van der Waals surface area contributed by atoms with Crippen LogP contribution < -0.4 is 5.32 Å². The Morgan fingerprint density at radius 1 is 1.56 bits per heavy atom. The molecule has 2 aliphatic heterocycles. The molecule has 0 aromatic carbocycles. The molecule has 2 atom stereocenters. The molecular weight excluding hydrogens is 226 g/mol. The highest BCUT2D eigenvalue weighted by Gasteiger charge is 2.38. The van der Waals surface area contributed by atoms with Crippen molar-refractivity contribution < 1.29 is 13.2 Å². The summed E-state index contributed by atoms with van der Waals surface area (Å²) in [4.78, 5) is 0. The second-order valence-electron chi connectivity index (χ2n) is 4.99. The van der Waals surface area contributed by atoms with E-state index in [2.05, 4.69) is 5.32 Å². The lowest BCUT2D eigenvalue weighted by Gasteiger charge is -2.28. The zero-order valence-electron chi connectivity index (χ0n) is 9.61. The van der Waals surface area contributed by atoms with Gasteiger partial charge in [0, 0.05) is 12.1 Å². The lowest BCUT2D eigenvalue weighted by molar-refractivity contribution is 0.114. The van der Waals surface area contributed by atoms with Gasteiger partial charge in [0.1, 0.15) is 6.10 Å². The van der Waals surface area contributed by atoms with E-state index < -0.39 is 9.84 Å². The molecule has 0 aliphatic carbocycles. The summed E-state index contributed by atoms with van der Waals surface area (Å²) in [5.74, 6) is 0.560. The van der Waals surface area contributed by atoms with Crippen LogP contribution in [0.5, 0.6) is 0 Å². The molecule has 4 nitrogen and oxygen atoms in total. The topological polar surface area (TPSA) is 55.4 Å². The minimum atomic E-state index is -2.82. The highest BCUT2D eigenvalue weighted by molar-refractivity contribution is 7.91. The van der Waals surface area contributed by atoms with Crippen LogP contribution in [0.2, 0.25) is 0 Å². The Kier molecular flexibility index (Phi) is 3.26. The van der Waals surface area contributed by atoms with Crippen LogP contribution in [0, 0.1) is 0 Å². The van der Waals surface area contributed by atoms with E-state index in [1.807, 2.05) is 13.0 Å². The van der Waals surface area contributed by atoms with Crippen LogP contribution >= 0.6 is 0 Å². The Balaban J connectivity index is 1.83. The molecule has 16 heavy (non-hydrogen) atoms. The molecule has 0 bridgehead atoms. The number of sulfone groups is 1. The lowest BCUT2D eigenvalue weighted by Crippen LogP contribution is -2.47. The van der Waals surface area contributed by atoms with Gasteiger partial charge < -0.3 is 10.1 Å². The highest BCUT2D eigenvalue weighted by Crippen LogP contribution is 2.23. The number of nitrogens with one attached hydrogen (secondary N) is 1.